The van der Waals surface area contributed by atoms with E-state index in [2.05, 4.69) is 10.3 Å². The van der Waals surface area contributed by atoms with E-state index in [4.69, 9.17) is 9.47 Å². The second-order valence-corrected chi connectivity index (χ2v) is 4.25. The lowest BCUT2D eigenvalue weighted by molar-refractivity contribution is -0.384. The quantitative estimate of drug-likeness (QED) is 0.431. The number of benzene rings is 1. The maximum atomic E-state index is 11.3. The molecule has 9 nitrogen and oxygen atoms in total. The molecule has 1 heterocycles. The van der Waals surface area contributed by atoms with Crippen LogP contribution in [-0.2, 0) is 22.7 Å². The Morgan fingerprint density at radius 1 is 1.36 bits per heavy atom. The molecule has 0 bridgehead atoms. The minimum absolute atomic E-state index is 0.00673. The third-order valence-electron chi connectivity index (χ3n) is 2.62. The number of esters is 1. The number of non-ortho nitro benzene ring substituents is 1. The maximum Gasteiger partial charge on any atom is 0.327 e. The molecule has 0 saturated carbocycles. The van der Waals surface area contributed by atoms with Crippen molar-refractivity contribution in [2.45, 2.75) is 20.1 Å². The summed E-state index contributed by atoms with van der Waals surface area (Å²) in [5, 5.41) is 18.2. The van der Waals surface area contributed by atoms with Crippen molar-refractivity contribution >= 4 is 11.7 Å². The van der Waals surface area contributed by atoms with Gasteiger partial charge in [0.1, 0.15) is 24.6 Å². The fourth-order valence-electron chi connectivity index (χ4n) is 1.64. The summed E-state index contributed by atoms with van der Waals surface area (Å²) < 4.78 is 11.6. The zero-order chi connectivity index (χ0) is 15.9. The fraction of sp³-hybridized carbons (Fsp3) is 0.308. The molecule has 0 aliphatic heterocycles. The smallest absolute Gasteiger partial charge is 0.327 e. The number of hydrogen-bond acceptors (Lipinski definition) is 7. The molecule has 116 valence electrons. The van der Waals surface area contributed by atoms with Gasteiger partial charge in [-0.2, -0.15) is 0 Å². The van der Waals surface area contributed by atoms with Crippen molar-refractivity contribution in [3.05, 3.63) is 46.3 Å². The Balaban J connectivity index is 1.88. The van der Waals surface area contributed by atoms with Crippen LogP contribution in [-0.4, -0.2) is 32.5 Å². The number of ether oxygens (including phenoxy) is 2. The van der Waals surface area contributed by atoms with Gasteiger partial charge in [-0.25, -0.2) is 4.68 Å². The molecule has 0 amide bonds. The first kappa shape index (κ1) is 15.4. The lowest BCUT2D eigenvalue weighted by Gasteiger charge is -2.03. The average molecular weight is 306 g/mol. The third-order valence-corrected chi connectivity index (χ3v) is 2.62. The van der Waals surface area contributed by atoms with E-state index < -0.39 is 10.9 Å². The largest absolute Gasteiger partial charge is 0.487 e. The highest BCUT2D eigenvalue weighted by Gasteiger charge is 2.08. The highest BCUT2D eigenvalue weighted by atomic mass is 16.6. The molecule has 0 fully saturated rings. The van der Waals surface area contributed by atoms with Crippen molar-refractivity contribution in [2.75, 3.05) is 6.61 Å². The Hall–Kier alpha value is -2.97. The van der Waals surface area contributed by atoms with E-state index in [1.54, 1.807) is 13.1 Å². The number of aromatic nitrogens is 3. The van der Waals surface area contributed by atoms with Crippen LogP contribution in [0.4, 0.5) is 5.69 Å². The van der Waals surface area contributed by atoms with Gasteiger partial charge in [0.25, 0.3) is 5.69 Å². The predicted molar refractivity (Wildman–Crippen MR) is 74.1 cm³/mol. The SMILES string of the molecule is CCOC(=O)Cn1cc(COc2ccc([N+](=O)[O-])cc2)nn1. The molecule has 0 aliphatic carbocycles. The first-order chi connectivity index (χ1) is 10.6. The zero-order valence-corrected chi connectivity index (χ0v) is 11.8. The Labute approximate surface area is 125 Å². The summed E-state index contributed by atoms with van der Waals surface area (Å²) >= 11 is 0. The zero-order valence-electron chi connectivity index (χ0n) is 11.8. The van der Waals surface area contributed by atoms with Crippen molar-refractivity contribution in [1.82, 2.24) is 15.0 Å². The lowest BCUT2D eigenvalue weighted by Crippen LogP contribution is -2.13. The van der Waals surface area contributed by atoms with Crippen LogP contribution in [0.3, 0.4) is 0 Å². The summed E-state index contributed by atoms with van der Waals surface area (Å²) in [5.41, 5.74) is 0.524. The van der Waals surface area contributed by atoms with Gasteiger partial charge in [-0.3, -0.25) is 14.9 Å². The van der Waals surface area contributed by atoms with Crippen LogP contribution >= 0.6 is 0 Å². The second-order valence-electron chi connectivity index (χ2n) is 4.25. The number of rotatable bonds is 7. The van der Waals surface area contributed by atoms with Crippen LogP contribution in [0.2, 0.25) is 0 Å². The molecule has 1 aromatic carbocycles. The molecule has 9 heteroatoms. The summed E-state index contributed by atoms with van der Waals surface area (Å²) in [4.78, 5) is 21.3. The number of nitrogens with zero attached hydrogens (tertiary/aromatic N) is 4. The van der Waals surface area contributed by atoms with E-state index in [0.29, 0.717) is 18.1 Å². The summed E-state index contributed by atoms with van der Waals surface area (Å²) in [6.07, 6.45) is 1.57. The molecule has 0 radical (unpaired) electrons. The van der Waals surface area contributed by atoms with Gasteiger partial charge in [-0.05, 0) is 19.1 Å². The van der Waals surface area contributed by atoms with Crippen molar-refractivity contribution in [3.8, 4) is 5.75 Å². The van der Waals surface area contributed by atoms with Gasteiger partial charge in [0.05, 0.1) is 17.7 Å². The maximum absolute atomic E-state index is 11.3. The van der Waals surface area contributed by atoms with E-state index in [-0.39, 0.29) is 18.8 Å². The molecule has 2 rings (SSSR count). The monoisotopic (exact) mass is 306 g/mol. The molecular formula is C13H14N4O5. The third kappa shape index (κ3) is 4.27. The fourth-order valence-corrected chi connectivity index (χ4v) is 1.64. The normalized spacial score (nSPS) is 10.2. The molecule has 0 saturated heterocycles. The highest BCUT2D eigenvalue weighted by molar-refractivity contribution is 5.68. The minimum Gasteiger partial charge on any atom is -0.487 e. The van der Waals surface area contributed by atoms with Gasteiger partial charge in [0.2, 0.25) is 0 Å². The van der Waals surface area contributed by atoms with Crippen molar-refractivity contribution in [1.29, 1.82) is 0 Å². The number of carbonyl (C=O) groups excluding carboxylic acids is 1. The summed E-state index contributed by atoms with van der Waals surface area (Å²) in [7, 11) is 0. The number of nitro groups is 1. The van der Waals surface area contributed by atoms with E-state index >= 15 is 0 Å². The highest BCUT2D eigenvalue weighted by Crippen LogP contribution is 2.18. The summed E-state index contributed by atoms with van der Waals surface area (Å²) in [6, 6.07) is 5.71. The van der Waals surface area contributed by atoms with Crippen molar-refractivity contribution in [2.24, 2.45) is 0 Å². The predicted octanol–water partition coefficient (Wildman–Crippen LogP) is 1.33. The van der Waals surface area contributed by atoms with E-state index in [0.717, 1.165) is 0 Å². The molecular weight excluding hydrogens is 292 g/mol. The average Bonchev–Trinajstić information content (AvgIpc) is 2.93. The molecule has 0 atom stereocenters. The van der Waals surface area contributed by atoms with Gasteiger partial charge in [0.15, 0.2) is 0 Å². The molecule has 0 spiro atoms. The molecule has 0 N–H and O–H groups in total. The van der Waals surface area contributed by atoms with Crippen LogP contribution in [0.15, 0.2) is 30.5 Å². The topological polar surface area (TPSA) is 109 Å². The minimum atomic E-state index is -0.481. The van der Waals surface area contributed by atoms with E-state index in [1.165, 1.54) is 28.9 Å². The molecule has 2 aromatic rings. The Bertz CT molecular complexity index is 653. The summed E-state index contributed by atoms with van der Waals surface area (Å²) in [5.74, 6) is 0.0841. The van der Waals surface area contributed by atoms with Gasteiger partial charge >= 0.3 is 5.97 Å². The number of nitro benzene ring substituents is 1. The van der Waals surface area contributed by atoms with Crippen LogP contribution < -0.4 is 4.74 Å². The molecule has 0 unspecified atom stereocenters. The van der Waals surface area contributed by atoms with E-state index in [9.17, 15) is 14.9 Å². The van der Waals surface area contributed by atoms with Crippen LogP contribution in [0.1, 0.15) is 12.6 Å². The van der Waals surface area contributed by atoms with Crippen molar-refractivity contribution < 1.29 is 19.2 Å². The van der Waals surface area contributed by atoms with Crippen LogP contribution in [0.5, 0.6) is 5.75 Å². The van der Waals surface area contributed by atoms with Gasteiger partial charge in [-0.15, -0.1) is 5.10 Å². The van der Waals surface area contributed by atoms with Gasteiger partial charge in [-0.1, -0.05) is 5.21 Å². The van der Waals surface area contributed by atoms with Crippen molar-refractivity contribution in [3.63, 3.8) is 0 Å². The first-order valence-corrected chi connectivity index (χ1v) is 6.50. The molecule has 22 heavy (non-hydrogen) atoms. The number of carbonyl (C=O) groups is 1. The van der Waals surface area contributed by atoms with E-state index in [1.807, 2.05) is 0 Å². The molecule has 1 aromatic heterocycles. The Kier molecular flexibility index (Phi) is 5.02. The second kappa shape index (κ2) is 7.16. The number of hydrogen-bond donors (Lipinski definition) is 0. The first-order valence-electron chi connectivity index (χ1n) is 6.50. The van der Waals surface area contributed by atoms with Crippen LogP contribution in [0.25, 0.3) is 0 Å². The van der Waals surface area contributed by atoms with Gasteiger partial charge in [0, 0.05) is 12.1 Å². The van der Waals surface area contributed by atoms with Crippen LogP contribution in [0, 0.1) is 10.1 Å². The standard InChI is InChI=1S/C13H14N4O5/c1-2-21-13(18)8-16-7-10(14-15-16)9-22-12-5-3-11(4-6-12)17(19)20/h3-7H,2,8-9H2,1H3. The van der Waals surface area contributed by atoms with Gasteiger partial charge < -0.3 is 9.47 Å². The lowest BCUT2D eigenvalue weighted by atomic mass is 10.3. The summed E-state index contributed by atoms with van der Waals surface area (Å²) in [6.45, 7) is 2.16. The Morgan fingerprint density at radius 3 is 2.73 bits per heavy atom. The Morgan fingerprint density at radius 2 is 2.09 bits per heavy atom. The molecule has 0 aliphatic rings.